The molecule has 0 unspecified atom stereocenters. The van der Waals surface area contributed by atoms with Crippen LogP contribution in [0.5, 0.6) is 5.75 Å². The summed E-state index contributed by atoms with van der Waals surface area (Å²) in [6.45, 7) is 0. The average Bonchev–Trinajstić information content (AvgIpc) is 2.01. The summed E-state index contributed by atoms with van der Waals surface area (Å²) in [7, 11) is 2.79. The van der Waals surface area contributed by atoms with E-state index in [9.17, 15) is 8.42 Å². The third-order valence-electron chi connectivity index (χ3n) is 1.42. The van der Waals surface area contributed by atoms with Gasteiger partial charge in [-0.3, -0.25) is 0 Å². The molecule has 2 N–H and O–H groups in total. The molecule has 0 aliphatic carbocycles. The van der Waals surface area contributed by atoms with Crippen molar-refractivity contribution in [3.8, 4) is 5.75 Å². The molecule has 0 heterocycles. The van der Waals surface area contributed by atoms with Crippen LogP contribution in [0.4, 0.5) is 5.69 Å². The number of methoxy groups -OCH3 is 1. The fraction of sp³-hybridized carbons (Fsp3) is 0.143. The molecular formula is C7H8ClNO3S. The first-order valence-corrected chi connectivity index (χ1v) is 5.63. The first-order chi connectivity index (χ1) is 5.93. The molecule has 4 nitrogen and oxygen atoms in total. The predicted molar refractivity (Wildman–Crippen MR) is 50.4 cm³/mol. The molecule has 0 saturated carbocycles. The van der Waals surface area contributed by atoms with E-state index in [0.29, 0.717) is 11.4 Å². The molecule has 72 valence electrons. The zero-order chi connectivity index (χ0) is 10.1. The van der Waals surface area contributed by atoms with Crippen molar-refractivity contribution in [3.05, 3.63) is 18.2 Å². The Morgan fingerprint density at radius 3 is 2.46 bits per heavy atom. The van der Waals surface area contributed by atoms with Gasteiger partial charge in [-0.2, -0.15) is 0 Å². The van der Waals surface area contributed by atoms with E-state index in [1.807, 2.05) is 0 Å². The minimum atomic E-state index is -3.75. The molecule has 0 spiro atoms. The Hall–Kier alpha value is -0.940. The highest BCUT2D eigenvalue weighted by Crippen LogP contribution is 2.24. The zero-order valence-corrected chi connectivity index (χ0v) is 8.39. The van der Waals surface area contributed by atoms with Crippen LogP contribution in [0.15, 0.2) is 23.1 Å². The number of rotatable bonds is 2. The van der Waals surface area contributed by atoms with Gasteiger partial charge in [0.25, 0.3) is 9.05 Å². The molecule has 0 aliphatic rings. The average molecular weight is 222 g/mol. The van der Waals surface area contributed by atoms with Gasteiger partial charge in [0.05, 0.1) is 12.0 Å². The SMILES string of the molecule is COc1cc(N)cc(S(=O)(=O)Cl)c1. The number of nitrogen functional groups attached to an aromatic ring is 1. The van der Waals surface area contributed by atoms with Crippen molar-refractivity contribution in [2.45, 2.75) is 4.90 Å². The van der Waals surface area contributed by atoms with Crippen LogP contribution in [-0.2, 0) is 9.05 Å². The largest absolute Gasteiger partial charge is 0.497 e. The third kappa shape index (κ3) is 2.50. The Kier molecular flexibility index (Phi) is 2.68. The van der Waals surface area contributed by atoms with E-state index >= 15 is 0 Å². The number of halogens is 1. The molecule has 0 bridgehead atoms. The van der Waals surface area contributed by atoms with Crippen LogP contribution in [-0.4, -0.2) is 15.5 Å². The molecule has 13 heavy (non-hydrogen) atoms. The van der Waals surface area contributed by atoms with Gasteiger partial charge in [0.1, 0.15) is 5.75 Å². The molecule has 0 atom stereocenters. The van der Waals surface area contributed by atoms with Gasteiger partial charge in [0.15, 0.2) is 0 Å². The lowest BCUT2D eigenvalue weighted by atomic mass is 10.3. The topological polar surface area (TPSA) is 69.4 Å². The predicted octanol–water partition coefficient (Wildman–Crippen LogP) is 1.20. The molecule has 1 rings (SSSR count). The second-order valence-corrected chi connectivity index (χ2v) is 4.95. The van der Waals surface area contributed by atoms with Gasteiger partial charge in [-0.1, -0.05) is 0 Å². The molecule has 0 fully saturated rings. The summed E-state index contributed by atoms with van der Waals surface area (Å²) in [5.41, 5.74) is 5.72. The monoisotopic (exact) mass is 221 g/mol. The minimum absolute atomic E-state index is 0.0639. The van der Waals surface area contributed by atoms with E-state index in [1.165, 1.54) is 25.3 Å². The van der Waals surface area contributed by atoms with E-state index in [0.717, 1.165) is 0 Å². The van der Waals surface area contributed by atoms with Crippen LogP contribution in [0.2, 0.25) is 0 Å². The van der Waals surface area contributed by atoms with Crippen molar-refractivity contribution in [2.75, 3.05) is 12.8 Å². The van der Waals surface area contributed by atoms with Crippen LogP contribution in [0.3, 0.4) is 0 Å². The van der Waals surface area contributed by atoms with Crippen LogP contribution < -0.4 is 10.5 Å². The fourth-order valence-electron chi connectivity index (χ4n) is 0.852. The quantitative estimate of drug-likeness (QED) is 0.602. The first-order valence-electron chi connectivity index (χ1n) is 3.32. The van der Waals surface area contributed by atoms with Gasteiger partial charge in [-0.05, 0) is 6.07 Å². The van der Waals surface area contributed by atoms with Crippen molar-refractivity contribution < 1.29 is 13.2 Å². The lowest BCUT2D eigenvalue weighted by Gasteiger charge is -2.03. The summed E-state index contributed by atoms with van der Waals surface area (Å²) in [5, 5.41) is 0. The number of ether oxygens (including phenoxy) is 1. The van der Waals surface area contributed by atoms with Crippen LogP contribution in [0, 0.1) is 0 Å². The zero-order valence-electron chi connectivity index (χ0n) is 6.82. The van der Waals surface area contributed by atoms with Gasteiger partial charge >= 0.3 is 0 Å². The van der Waals surface area contributed by atoms with Gasteiger partial charge in [-0.15, -0.1) is 0 Å². The van der Waals surface area contributed by atoms with Crippen LogP contribution in [0.1, 0.15) is 0 Å². The summed E-state index contributed by atoms with van der Waals surface area (Å²) < 4.78 is 26.6. The molecule has 6 heteroatoms. The summed E-state index contributed by atoms with van der Waals surface area (Å²) >= 11 is 0. The fourth-order valence-corrected chi connectivity index (χ4v) is 1.65. The number of hydrogen-bond donors (Lipinski definition) is 1. The lowest BCUT2D eigenvalue weighted by Crippen LogP contribution is -1.95. The van der Waals surface area contributed by atoms with E-state index in [-0.39, 0.29) is 4.90 Å². The second kappa shape index (κ2) is 3.43. The van der Waals surface area contributed by atoms with Crippen LogP contribution in [0.25, 0.3) is 0 Å². The normalized spacial score (nSPS) is 11.2. The molecular weight excluding hydrogens is 214 g/mol. The molecule has 1 aromatic rings. The van der Waals surface area contributed by atoms with Crippen molar-refractivity contribution in [1.82, 2.24) is 0 Å². The third-order valence-corrected chi connectivity index (χ3v) is 2.75. The molecule has 1 aromatic carbocycles. The van der Waals surface area contributed by atoms with Gasteiger partial charge in [-0.25, -0.2) is 8.42 Å². The Bertz CT molecular complexity index is 416. The van der Waals surface area contributed by atoms with Crippen LogP contribution >= 0.6 is 10.7 Å². The minimum Gasteiger partial charge on any atom is -0.497 e. The number of nitrogens with two attached hydrogens (primary N) is 1. The number of anilines is 1. The highest BCUT2D eigenvalue weighted by atomic mass is 35.7. The van der Waals surface area contributed by atoms with Crippen molar-refractivity contribution in [1.29, 1.82) is 0 Å². The van der Waals surface area contributed by atoms with Gasteiger partial charge in [0.2, 0.25) is 0 Å². The van der Waals surface area contributed by atoms with Crippen molar-refractivity contribution in [2.24, 2.45) is 0 Å². The summed E-state index contributed by atoms with van der Waals surface area (Å²) in [6.07, 6.45) is 0. The molecule has 0 aliphatic heterocycles. The highest BCUT2D eigenvalue weighted by molar-refractivity contribution is 8.13. The summed E-state index contributed by atoms with van der Waals surface area (Å²) in [5.74, 6) is 0.360. The smallest absolute Gasteiger partial charge is 0.261 e. The van der Waals surface area contributed by atoms with Gasteiger partial charge < -0.3 is 10.5 Å². The Labute approximate surface area is 80.7 Å². The first kappa shape index (κ1) is 10.1. The molecule has 0 amide bonds. The van der Waals surface area contributed by atoms with Gasteiger partial charge in [0, 0.05) is 28.5 Å². The van der Waals surface area contributed by atoms with Crippen molar-refractivity contribution >= 4 is 25.4 Å². The number of benzene rings is 1. The highest BCUT2D eigenvalue weighted by Gasteiger charge is 2.11. The molecule has 0 saturated heterocycles. The van der Waals surface area contributed by atoms with E-state index in [4.69, 9.17) is 21.2 Å². The summed E-state index contributed by atoms with van der Waals surface area (Å²) in [4.78, 5) is -0.0639. The molecule has 0 radical (unpaired) electrons. The Balaban J connectivity index is 3.33. The maximum Gasteiger partial charge on any atom is 0.261 e. The van der Waals surface area contributed by atoms with E-state index in [1.54, 1.807) is 0 Å². The maximum atomic E-state index is 10.9. The standard InChI is InChI=1S/C7H8ClNO3S/c1-12-6-2-5(9)3-7(4-6)13(8,10)11/h2-4H,9H2,1H3. The maximum absolute atomic E-state index is 10.9. The van der Waals surface area contributed by atoms with E-state index in [2.05, 4.69) is 0 Å². The Morgan fingerprint density at radius 1 is 1.38 bits per heavy atom. The summed E-state index contributed by atoms with van der Waals surface area (Å²) in [6, 6.07) is 4.08. The van der Waals surface area contributed by atoms with Crippen molar-refractivity contribution in [3.63, 3.8) is 0 Å². The number of hydrogen-bond acceptors (Lipinski definition) is 4. The van der Waals surface area contributed by atoms with E-state index < -0.39 is 9.05 Å². The lowest BCUT2D eigenvalue weighted by molar-refractivity contribution is 0.414. The molecule has 0 aromatic heterocycles. The second-order valence-electron chi connectivity index (χ2n) is 2.38. The Morgan fingerprint density at radius 2 is 2.00 bits per heavy atom.